The fraction of sp³-hybridized carbons (Fsp3) is 0.211. The van der Waals surface area contributed by atoms with E-state index in [4.69, 9.17) is 12.2 Å². The van der Waals surface area contributed by atoms with Crippen LogP contribution in [0.5, 0.6) is 0 Å². The average molecular weight is 354 g/mol. The van der Waals surface area contributed by atoms with Crippen LogP contribution in [-0.4, -0.2) is 30.3 Å². The predicted octanol–water partition coefficient (Wildman–Crippen LogP) is 2.69. The van der Waals surface area contributed by atoms with Crippen LogP contribution in [0.25, 0.3) is 0 Å². The van der Waals surface area contributed by atoms with E-state index in [2.05, 4.69) is 21.2 Å². The van der Waals surface area contributed by atoms with Crippen LogP contribution < -0.4 is 16.1 Å². The minimum Gasteiger partial charge on any atom is -0.364 e. The number of nitrogens with zero attached hydrogens (tertiary/aromatic N) is 1. The van der Waals surface area contributed by atoms with Crippen LogP contribution in [0.1, 0.15) is 28.8 Å². The molecule has 2 rings (SSSR count). The maximum Gasteiger partial charge on any atom is 0.251 e. The Hall–Kier alpha value is -2.73. The summed E-state index contributed by atoms with van der Waals surface area (Å²) >= 11 is 5.06. The second-order valence-corrected chi connectivity index (χ2v) is 5.75. The van der Waals surface area contributed by atoms with E-state index >= 15 is 0 Å². The molecule has 0 bridgehead atoms. The normalized spacial score (nSPS) is 10.8. The Morgan fingerprint density at radius 3 is 2.20 bits per heavy atom. The van der Waals surface area contributed by atoms with Crippen molar-refractivity contribution in [1.29, 1.82) is 0 Å². The number of benzene rings is 2. The maximum absolute atomic E-state index is 12.0. The van der Waals surface area contributed by atoms with Gasteiger partial charge in [0.1, 0.15) is 0 Å². The van der Waals surface area contributed by atoms with E-state index in [-0.39, 0.29) is 5.91 Å². The molecule has 0 heterocycles. The van der Waals surface area contributed by atoms with Gasteiger partial charge >= 0.3 is 0 Å². The quantitative estimate of drug-likeness (QED) is 0.310. The molecule has 0 unspecified atom stereocenters. The molecule has 0 spiro atoms. The van der Waals surface area contributed by atoms with E-state index in [0.29, 0.717) is 17.2 Å². The van der Waals surface area contributed by atoms with Crippen LogP contribution in [0.2, 0.25) is 0 Å². The minimum atomic E-state index is -0.0618. The van der Waals surface area contributed by atoms with Crippen LogP contribution in [0.15, 0.2) is 65.8 Å². The third kappa shape index (κ3) is 6.35. The molecule has 25 heavy (non-hydrogen) atoms. The van der Waals surface area contributed by atoms with Gasteiger partial charge in [-0.05, 0) is 42.8 Å². The summed E-state index contributed by atoms with van der Waals surface area (Å²) in [6.45, 7) is 0.579. The second kappa shape index (κ2) is 10.2. The summed E-state index contributed by atoms with van der Waals surface area (Å²) in [5.41, 5.74) is 5.42. The number of carbonyl (C=O) groups is 1. The zero-order valence-corrected chi connectivity index (χ0v) is 15.0. The van der Waals surface area contributed by atoms with Crippen molar-refractivity contribution in [3.63, 3.8) is 0 Å². The van der Waals surface area contributed by atoms with E-state index < -0.39 is 0 Å². The van der Waals surface area contributed by atoms with Gasteiger partial charge in [-0.3, -0.25) is 10.2 Å². The van der Waals surface area contributed by atoms with Crippen molar-refractivity contribution in [3.8, 4) is 0 Å². The third-order valence-corrected chi connectivity index (χ3v) is 3.83. The van der Waals surface area contributed by atoms with Gasteiger partial charge in [-0.2, -0.15) is 5.10 Å². The van der Waals surface area contributed by atoms with Gasteiger partial charge in [0, 0.05) is 19.2 Å². The average Bonchev–Trinajstić information content (AvgIpc) is 2.68. The molecule has 3 N–H and O–H groups in total. The summed E-state index contributed by atoms with van der Waals surface area (Å²) in [6, 6.07) is 19.1. The monoisotopic (exact) mass is 354 g/mol. The largest absolute Gasteiger partial charge is 0.364 e. The first-order valence-electron chi connectivity index (χ1n) is 8.13. The van der Waals surface area contributed by atoms with E-state index in [9.17, 15) is 4.79 Å². The highest BCUT2D eigenvalue weighted by Gasteiger charge is 2.06. The Morgan fingerprint density at radius 1 is 1.00 bits per heavy atom. The first-order chi connectivity index (χ1) is 12.2. The number of thiocarbonyl (C=S) groups is 1. The predicted molar refractivity (Wildman–Crippen MR) is 106 cm³/mol. The third-order valence-electron chi connectivity index (χ3n) is 3.54. The molecule has 0 atom stereocenters. The van der Waals surface area contributed by atoms with Crippen molar-refractivity contribution in [3.05, 3.63) is 71.8 Å². The maximum atomic E-state index is 12.0. The number of hydrogen-bond donors (Lipinski definition) is 3. The molecule has 2 aromatic carbocycles. The zero-order valence-electron chi connectivity index (χ0n) is 14.2. The minimum absolute atomic E-state index is 0.0618. The number of hydrogen-bond acceptors (Lipinski definition) is 3. The summed E-state index contributed by atoms with van der Waals surface area (Å²) in [4.78, 5) is 12.0. The Labute approximate surface area is 153 Å². The lowest BCUT2D eigenvalue weighted by atomic mass is 10.1. The molecular formula is C19H22N4OS. The summed E-state index contributed by atoms with van der Waals surface area (Å²) < 4.78 is 0. The number of carbonyl (C=O) groups excluding carboxylic acids is 1. The molecule has 0 aliphatic carbocycles. The number of hydrazone groups is 1. The SMILES string of the molecule is CNC(=S)N/N=C(\CCCNC(=O)c1ccccc1)c1ccccc1. The summed E-state index contributed by atoms with van der Waals surface area (Å²) in [6.07, 6.45) is 1.50. The van der Waals surface area contributed by atoms with Gasteiger partial charge in [0.15, 0.2) is 5.11 Å². The van der Waals surface area contributed by atoms with E-state index in [1.807, 2.05) is 48.5 Å². The fourth-order valence-corrected chi connectivity index (χ4v) is 2.26. The van der Waals surface area contributed by atoms with Gasteiger partial charge in [-0.1, -0.05) is 48.5 Å². The molecule has 6 heteroatoms. The molecule has 2 aromatic rings. The van der Waals surface area contributed by atoms with E-state index in [0.717, 1.165) is 24.1 Å². The highest BCUT2D eigenvalue weighted by atomic mass is 32.1. The highest BCUT2D eigenvalue weighted by Crippen LogP contribution is 2.06. The van der Waals surface area contributed by atoms with E-state index in [1.165, 1.54) is 0 Å². The molecule has 0 radical (unpaired) electrons. The topological polar surface area (TPSA) is 65.5 Å². The Morgan fingerprint density at radius 2 is 1.60 bits per heavy atom. The Balaban J connectivity index is 1.89. The molecule has 0 saturated heterocycles. The number of amides is 1. The molecule has 5 nitrogen and oxygen atoms in total. The first-order valence-corrected chi connectivity index (χ1v) is 8.54. The molecular weight excluding hydrogens is 332 g/mol. The first kappa shape index (κ1) is 18.6. The van der Waals surface area contributed by atoms with Crippen LogP contribution in [0.3, 0.4) is 0 Å². The van der Waals surface area contributed by atoms with Gasteiger partial charge in [-0.25, -0.2) is 0 Å². The summed E-state index contributed by atoms with van der Waals surface area (Å²) in [5.74, 6) is -0.0618. The van der Waals surface area contributed by atoms with Gasteiger partial charge < -0.3 is 10.6 Å². The van der Waals surface area contributed by atoms with Crippen molar-refractivity contribution in [2.24, 2.45) is 5.10 Å². The van der Waals surface area contributed by atoms with Gasteiger partial charge in [0.05, 0.1) is 5.71 Å². The van der Waals surface area contributed by atoms with Crippen LogP contribution in [-0.2, 0) is 0 Å². The molecule has 0 aliphatic rings. The molecule has 0 aromatic heterocycles. The molecule has 0 saturated carbocycles. The molecule has 1 amide bonds. The molecule has 0 aliphatic heterocycles. The lowest BCUT2D eigenvalue weighted by Crippen LogP contribution is -2.30. The number of nitrogens with one attached hydrogen (secondary N) is 3. The number of rotatable bonds is 7. The van der Waals surface area contributed by atoms with Crippen LogP contribution >= 0.6 is 12.2 Å². The van der Waals surface area contributed by atoms with Crippen molar-refractivity contribution < 1.29 is 4.79 Å². The second-order valence-electron chi connectivity index (χ2n) is 5.34. The summed E-state index contributed by atoms with van der Waals surface area (Å²) in [5, 5.41) is 10.6. The Kier molecular flexibility index (Phi) is 7.59. The lowest BCUT2D eigenvalue weighted by Gasteiger charge is -2.09. The highest BCUT2D eigenvalue weighted by molar-refractivity contribution is 7.80. The fourth-order valence-electron chi connectivity index (χ4n) is 2.22. The van der Waals surface area contributed by atoms with Gasteiger partial charge in [0.2, 0.25) is 0 Å². The van der Waals surface area contributed by atoms with Crippen molar-refractivity contribution >= 4 is 28.9 Å². The van der Waals surface area contributed by atoms with E-state index in [1.54, 1.807) is 19.2 Å². The van der Waals surface area contributed by atoms with Crippen molar-refractivity contribution in [2.75, 3.05) is 13.6 Å². The molecule has 130 valence electrons. The molecule has 0 fully saturated rings. The smallest absolute Gasteiger partial charge is 0.251 e. The Bertz CT molecular complexity index is 717. The standard InChI is InChI=1S/C19H22N4OS/c1-20-19(25)23-22-17(15-9-4-2-5-10-15)13-8-14-21-18(24)16-11-6-3-7-12-16/h2-7,9-12H,8,13-14H2,1H3,(H,21,24)(H2,20,23,25)/b22-17+. The van der Waals surface area contributed by atoms with Crippen LogP contribution in [0, 0.1) is 0 Å². The lowest BCUT2D eigenvalue weighted by molar-refractivity contribution is 0.0953. The summed E-state index contributed by atoms with van der Waals surface area (Å²) in [7, 11) is 1.74. The zero-order chi connectivity index (χ0) is 17.9. The van der Waals surface area contributed by atoms with Gasteiger partial charge in [-0.15, -0.1) is 0 Å². The van der Waals surface area contributed by atoms with Crippen molar-refractivity contribution in [2.45, 2.75) is 12.8 Å². The van der Waals surface area contributed by atoms with Gasteiger partial charge in [0.25, 0.3) is 5.91 Å². The van der Waals surface area contributed by atoms with Crippen molar-refractivity contribution in [1.82, 2.24) is 16.1 Å². The van der Waals surface area contributed by atoms with Crippen LogP contribution in [0.4, 0.5) is 0 Å².